The molecule has 2 aromatic rings. The van der Waals surface area contributed by atoms with Gasteiger partial charge in [0.25, 0.3) is 11.8 Å². The number of oxime groups is 1. The van der Waals surface area contributed by atoms with Gasteiger partial charge in [-0.2, -0.15) is 0 Å². The molecule has 2 N–H and O–H groups in total. The highest BCUT2D eigenvalue weighted by atomic mass is 16.6. The van der Waals surface area contributed by atoms with Crippen LogP contribution in [0.3, 0.4) is 0 Å². The van der Waals surface area contributed by atoms with Crippen molar-refractivity contribution < 1.29 is 23.9 Å². The van der Waals surface area contributed by atoms with Crippen molar-refractivity contribution in [2.45, 2.75) is 19.4 Å². The molecule has 1 unspecified atom stereocenters. The van der Waals surface area contributed by atoms with Gasteiger partial charge in [0.05, 0.1) is 13.7 Å². The van der Waals surface area contributed by atoms with E-state index in [4.69, 9.17) is 14.3 Å². The highest BCUT2D eigenvalue weighted by Crippen LogP contribution is 2.28. The van der Waals surface area contributed by atoms with E-state index in [0.717, 1.165) is 5.56 Å². The summed E-state index contributed by atoms with van der Waals surface area (Å²) in [4.78, 5) is 29.8. The third-order valence-electron chi connectivity index (χ3n) is 4.12. The lowest BCUT2D eigenvalue weighted by atomic mass is 10.0. The topological polar surface area (TPSA) is 98.3 Å². The van der Waals surface area contributed by atoms with E-state index in [1.807, 2.05) is 37.3 Å². The summed E-state index contributed by atoms with van der Waals surface area (Å²) in [5.41, 5.74) is 6.16. The summed E-state index contributed by atoms with van der Waals surface area (Å²) in [7, 11) is 1.49. The molecule has 2 aromatic carbocycles. The first-order valence-corrected chi connectivity index (χ1v) is 8.81. The SMILES string of the molecule is CCOc1ccc(C(=O)NNC(=O)C2=NOC(c3ccccc3)C2)cc1OC. The number of methoxy groups -OCH3 is 1. The number of benzene rings is 2. The predicted octanol–water partition coefficient (Wildman–Crippen LogP) is 2.37. The van der Waals surface area contributed by atoms with Crippen LogP contribution in [0, 0.1) is 0 Å². The molecule has 0 saturated carbocycles. The summed E-state index contributed by atoms with van der Waals surface area (Å²) in [6.07, 6.45) is 0.0100. The Balaban J connectivity index is 1.55. The molecule has 0 bridgehead atoms. The maximum atomic E-state index is 12.3. The zero-order valence-corrected chi connectivity index (χ0v) is 15.6. The van der Waals surface area contributed by atoms with E-state index in [1.54, 1.807) is 12.1 Å². The van der Waals surface area contributed by atoms with Crippen LogP contribution in [0.25, 0.3) is 0 Å². The first-order valence-electron chi connectivity index (χ1n) is 8.81. The fourth-order valence-corrected chi connectivity index (χ4v) is 2.70. The van der Waals surface area contributed by atoms with Crippen LogP contribution in [0.4, 0.5) is 0 Å². The zero-order valence-electron chi connectivity index (χ0n) is 15.6. The molecule has 3 rings (SSSR count). The minimum Gasteiger partial charge on any atom is -0.493 e. The molecule has 28 heavy (non-hydrogen) atoms. The van der Waals surface area contributed by atoms with E-state index < -0.39 is 11.8 Å². The van der Waals surface area contributed by atoms with Gasteiger partial charge >= 0.3 is 0 Å². The second-order valence-electron chi connectivity index (χ2n) is 5.95. The summed E-state index contributed by atoms with van der Waals surface area (Å²) < 4.78 is 10.6. The summed E-state index contributed by atoms with van der Waals surface area (Å²) in [6.45, 7) is 2.33. The van der Waals surface area contributed by atoms with Gasteiger partial charge in [0, 0.05) is 12.0 Å². The molecule has 0 saturated heterocycles. The highest BCUT2D eigenvalue weighted by molar-refractivity contribution is 6.39. The second kappa shape index (κ2) is 8.90. The first-order chi connectivity index (χ1) is 13.6. The van der Waals surface area contributed by atoms with E-state index in [0.29, 0.717) is 30.1 Å². The third kappa shape index (κ3) is 4.40. The van der Waals surface area contributed by atoms with Gasteiger partial charge in [0.1, 0.15) is 0 Å². The molecule has 1 atom stereocenters. The molecule has 0 spiro atoms. The van der Waals surface area contributed by atoms with Crippen LogP contribution in [-0.2, 0) is 9.63 Å². The van der Waals surface area contributed by atoms with E-state index in [2.05, 4.69) is 16.0 Å². The lowest BCUT2D eigenvalue weighted by Gasteiger charge is -2.11. The van der Waals surface area contributed by atoms with Crippen molar-refractivity contribution in [2.75, 3.05) is 13.7 Å². The predicted molar refractivity (Wildman–Crippen MR) is 102 cm³/mol. The fraction of sp³-hybridized carbons (Fsp3) is 0.250. The molecule has 1 aliphatic rings. The quantitative estimate of drug-likeness (QED) is 0.747. The lowest BCUT2D eigenvalue weighted by Crippen LogP contribution is -2.44. The van der Waals surface area contributed by atoms with Crippen molar-refractivity contribution in [3.05, 3.63) is 59.7 Å². The number of amides is 2. The molecule has 0 radical (unpaired) electrons. The smallest absolute Gasteiger partial charge is 0.287 e. The lowest BCUT2D eigenvalue weighted by molar-refractivity contribution is -0.115. The Morgan fingerprint density at radius 2 is 1.86 bits per heavy atom. The summed E-state index contributed by atoms with van der Waals surface area (Å²) in [5.74, 6) is -0.0476. The van der Waals surface area contributed by atoms with Crippen LogP contribution < -0.4 is 20.3 Å². The number of carbonyl (C=O) groups is 2. The van der Waals surface area contributed by atoms with Gasteiger partial charge in [-0.05, 0) is 30.7 Å². The molecule has 8 nitrogen and oxygen atoms in total. The Morgan fingerprint density at radius 3 is 2.57 bits per heavy atom. The number of nitrogens with zero attached hydrogens (tertiary/aromatic N) is 1. The van der Waals surface area contributed by atoms with Crippen LogP contribution in [0.1, 0.15) is 35.4 Å². The molecule has 1 aliphatic heterocycles. The molecular weight excluding hydrogens is 362 g/mol. The number of hydrazine groups is 1. The molecule has 8 heteroatoms. The highest BCUT2D eigenvalue weighted by Gasteiger charge is 2.27. The molecule has 0 fully saturated rings. The molecule has 0 aliphatic carbocycles. The van der Waals surface area contributed by atoms with Gasteiger partial charge < -0.3 is 14.3 Å². The summed E-state index contributed by atoms with van der Waals surface area (Å²) >= 11 is 0. The van der Waals surface area contributed by atoms with E-state index in [9.17, 15) is 9.59 Å². The number of hydrogen-bond donors (Lipinski definition) is 2. The van der Waals surface area contributed by atoms with Crippen molar-refractivity contribution in [3.8, 4) is 11.5 Å². The number of hydrogen-bond acceptors (Lipinski definition) is 6. The van der Waals surface area contributed by atoms with Gasteiger partial charge in [-0.1, -0.05) is 35.5 Å². The first kappa shape index (κ1) is 19.2. The van der Waals surface area contributed by atoms with Crippen LogP contribution in [0.15, 0.2) is 53.7 Å². The van der Waals surface area contributed by atoms with E-state index in [1.165, 1.54) is 13.2 Å². The van der Waals surface area contributed by atoms with Gasteiger partial charge in [-0.15, -0.1) is 0 Å². The average Bonchev–Trinajstić information content (AvgIpc) is 3.23. The summed E-state index contributed by atoms with van der Waals surface area (Å²) in [6, 6.07) is 14.2. The van der Waals surface area contributed by atoms with Crippen LogP contribution >= 0.6 is 0 Å². The van der Waals surface area contributed by atoms with Gasteiger partial charge in [0.2, 0.25) is 0 Å². The Hall–Kier alpha value is -3.55. The van der Waals surface area contributed by atoms with E-state index in [-0.39, 0.29) is 11.8 Å². The molecule has 146 valence electrons. The molecular formula is C20H21N3O5. The average molecular weight is 383 g/mol. The zero-order chi connectivity index (χ0) is 19.9. The van der Waals surface area contributed by atoms with Crippen molar-refractivity contribution in [1.29, 1.82) is 0 Å². The minimum absolute atomic E-state index is 0.207. The number of rotatable bonds is 6. The van der Waals surface area contributed by atoms with E-state index >= 15 is 0 Å². The molecule has 1 heterocycles. The monoisotopic (exact) mass is 383 g/mol. The van der Waals surface area contributed by atoms with Crippen LogP contribution in [0.5, 0.6) is 11.5 Å². The Bertz CT molecular complexity index is 883. The van der Waals surface area contributed by atoms with Gasteiger partial charge in [-0.3, -0.25) is 20.4 Å². The van der Waals surface area contributed by atoms with Gasteiger partial charge in [-0.25, -0.2) is 0 Å². The summed E-state index contributed by atoms with van der Waals surface area (Å²) in [5, 5.41) is 3.82. The second-order valence-corrected chi connectivity index (χ2v) is 5.95. The minimum atomic E-state index is -0.523. The maximum Gasteiger partial charge on any atom is 0.287 e. The van der Waals surface area contributed by atoms with Crippen molar-refractivity contribution in [1.82, 2.24) is 10.9 Å². The number of nitrogens with one attached hydrogen (secondary N) is 2. The Kier molecular flexibility index (Phi) is 6.11. The third-order valence-corrected chi connectivity index (χ3v) is 4.12. The van der Waals surface area contributed by atoms with Crippen molar-refractivity contribution in [2.24, 2.45) is 5.16 Å². The van der Waals surface area contributed by atoms with Crippen molar-refractivity contribution >= 4 is 17.5 Å². The number of ether oxygens (including phenoxy) is 2. The Morgan fingerprint density at radius 1 is 1.11 bits per heavy atom. The van der Waals surface area contributed by atoms with Crippen LogP contribution in [0.2, 0.25) is 0 Å². The molecule has 2 amide bonds. The standard InChI is InChI=1S/C20H21N3O5/c1-3-27-16-10-9-14(11-18(16)26-2)19(24)21-22-20(25)15-12-17(28-23-15)13-7-5-4-6-8-13/h4-11,17H,3,12H2,1-2H3,(H,21,24)(H,22,25). The fourth-order valence-electron chi connectivity index (χ4n) is 2.70. The normalized spacial score (nSPS) is 15.2. The van der Waals surface area contributed by atoms with Crippen LogP contribution in [-0.4, -0.2) is 31.2 Å². The molecule has 0 aromatic heterocycles. The Labute approximate surface area is 162 Å². The number of carbonyl (C=O) groups excluding carboxylic acids is 2. The largest absolute Gasteiger partial charge is 0.493 e. The van der Waals surface area contributed by atoms with Gasteiger partial charge in [0.15, 0.2) is 23.3 Å². The van der Waals surface area contributed by atoms with Crippen molar-refractivity contribution in [3.63, 3.8) is 0 Å². The maximum absolute atomic E-state index is 12.3.